The average molecular weight is 249 g/mol. The molecule has 1 aromatic rings. The minimum absolute atomic E-state index is 0.0421. The van der Waals surface area contributed by atoms with Crippen molar-refractivity contribution in [2.75, 3.05) is 7.11 Å². The van der Waals surface area contributed by atoms with Gasteiger partial charge in [-0.25, -0.2) is 4.79 Å². The Morgan fingerprint density at radius 1 is 1.33 bits per heavy atom. The highest BCUT2D eigenvalue weighted by molar-refractivity contribution is 5.97. The molecule has 0 spiro atoms. The Hall–Kier alpha value is -2.14. The summed E-state index contributed by atoms with van der Waals surface area (Å²) in [7, 11) is 1.24. The lowest BCUT2D eigenvalue weighted by molar-refractivity contribution is -0.137. The number of hydrogen-bond donors (Lipinski definition) is 2. The monoisotopic (exact) mass is 249 g/mol. The van der Waals surface area contributed by atoms with Crippen LogP contribution in [-0.4, -0.2) is 24.1 Å². The first-order valence-electron chi connectivity index (χ1n) is 5.34. The van der Waals surface area contributed by atoms with Gasteiger partial charge in [0.1, 0.15) is 5.70 Å². The maximum absolute atomic E-state index is 11.4. The summed E-state index contributed by atoms with van der Waals surface area (Å²) in [4.78, 5) is 22.4. The van der Waals surface area contributed by atoms with Crippen LogP contribution in [0.3, 0.4) is 0 Å². The molecule has 0 heterocycles. The van der Waals surface area contributed by atoms with Gasteiger partial charge in [-0.2, -0.15) is 0 Å². The van der Waals surface area contributed by atoms with Crippen LogP contribution in [0.4, 0.5) is 0 Å². The van der Waals surface area contributed by atoms with Crippen LogP contribution in [-0.2, 0) is 20.9 Å². The van der Waals surface area contributed by atoms with Crippen molar-refractivity contribution in [1.29, 1.82) is 0 Å². The number of esters is 1. The second-order valence-corrected chi connectivity index (χ2v) is 3.63. The molecule has 0 radical (unpaired) electrons. The summed E-state index contributed by atoms with van der Waals surface area (Å²) in [6.07, 6.45) is 1.51. The number of aliphatic hydroxyl groups is 1. The average Bonchev–Trinajstić information content (AvgIpc) is 2.37. The molecule has 0 aliphatic carbocycles. The molecule has 0 aliphatic heterocycles. The summed E-state index contributed by atoms with van der Waals surface area (Å²) in [6.45, 7) is 1.27. The van der Waals surface area contributed by atoms with E-state index in [1.807, 2.05) is 0 Å². The molecule has 5 nitrogen and oxygen atoms in total. The van der Waals surface area contributed by atoms with Crippen LogP contribution in [0.2, 0.25) is 0 Å². The summed E-state index contributed by atoms with van der Waals surface area (Å²) in [5.74, 6) is -0.963. The van der Waals surface area contributed by atoms with E-state index < -0.39 is 5.97 Å². The Labute approximate surface area is 105 Å². The minimum atomic E-state index is -0.614. The maximum atomic E-state index is 11.4. The molecule has 5 heteroatoms. The van der Waals surface area contributed by atoms with Gasteiger partial charge in [0.2, 0.25) is 5.91 Å². The Bertz CT molecular complexity index is 462. The second-order valence-electron chi connectivity index (χ2n) is 3.63. The van der Waals surface area contributed by atoms with Crippen LogP contribution in [0.25, 0.3) is 6.08 Å². The van der Waals surface area contributed by atoms with E-state index in [1.54, 1.807) is 24.3 Å². The molecule has 0 fully saturated rings. The van der Waals surface area contributed by atoms with Crippen LogP contribution < -0.4 is 5.32 Å². The van der Waals surface area contributed by atoms with E-state index in [4.69, 9.17) is 5.11 Å². The minimum Gasteiger partial charge on any atom is -0.464 e. The van der Waals surface area contributed by atoms with Crippen LogP contribution in [0.15, 0.2) is 30.0 Å². The van der Waals surface area contributed by atoms with Gasteiger partial charge < -0.3 is 15.2 Å². The summed E-state index contributed by atoms with van der Waals surface area (Å²) in [6, 6.07) is 6.93. The fourth-order valence-corrected chi connectivity index (χ4v) is 1.33. The largest absolute Gasteiger partial charge is 0.464 e. The zero-order valence-electron chi connectivity index (χ0n) is 10.3. The number of amides is 1. The van der Waals surface area contributed by atoms with E-state index >= 15 is 0 Å². The van der Waals surface area contributed by atoms with E-state index in [1.165, 1.54) is 20.1 Å². The molecule has 0 aliphatic rings. The number of ether oxygens (including phenoxy) is 1. The molecule has 18 heavy (non-hydrogen) atoms. The predicted octanol–water partition coefficient (Wildman–Crippen LogP) is 0.829. The quantitative estimate of drug-likeness (QED) is 0.612. The standard InChI is InChI=1S/C13H15NO4/c1-9(16)14-12(13(17)18-2)7-10-3-5-11(8-15)6-4-10/h3-7,15H,8H2,1-2H3,(H,14,16)/b12-7-. The number of hydrogen-bond acceptors (Lipinski definition) is 4. The lowest BCUT2D eigenvalue weighted by atomic mass is 10.1. The van der Waals surface area contributed by atoms with Gasteiger partial charge >= 0.3 is 5.97 Å². The molecule has 1 aromatic carbocycles. The Morgan fingerprint density at radius 2 is 1.94 bits per heavy atom. The van der Waals surface area contributed by atoms with Gasteiger partial charge in [-0.1, -0.05) is 24.3 Å². The van der Waals surface area contributed by atoms with Gasteiger partial charge in [0.25, 0.3) is 0 Å². The van der Waals surface area contributed by atoms with Crippen molar-refractivity contribution in [2.24, 2.45) is 0 Å². The number of carbonyl (C=O) groups is 2. The smallest absolute Gasteiger partial charge is 0.354 e. The number of nitrogens with one attached hydrogen (secondary N) is 1. The van der Waals surface area contributed by atoms with Crippen molar-refractivity contribution in [1.82, 2.24) is 5.32 Å². The van der Waals surface area contributed by atoms with E-state index in [0.29, 0.717) is 0 Å². The van der Waals surface area contributed by atoms with Crippen molar-refractivity contribution in [3.05, 3.63) is 41.1 Å². The fraction of sp³-hybridized carbons (Fsp3) is 0.231. The van der Waals surface area contributed by atoms with Crippen molar-refractivity contribution in [2.45, 2.75) is 13.5 Å². The zero-order valence-corrected chi connectivity index (χ0v) is 10.3. The highest BCUT2D eigenvalue weighted by atomic mass is 16.5. The number of benzene rings is 1. The van der Waals surface area contributed by atoms with Gasteiger partial charge in [0.05, 0.1) is 13.7 Å². The van der Waals surface area contributed by atoms with Crippen molar-refractivity contribution in [3.8, 4) is 0 Å². The third kappa shape index (κ3) is 4.03. The zero-order chi connectivity index (χ0) is 13.5. The van der Waals surface area contributed by atoms with Crippen LogP contribution in [0.5, 0.6) is 0 Å². The van der Waals surface area contributed by atoms with Gasteiger partial charge in [-0.15, -0.1) is 0 Å². The molecule has 0 saturated carbocycles. The van der Waals surface area contributed by atoms with Crippen LogP contribution in [0, 0.1) is 0 Å². The van der Waals surface area contributed by atoms with E-state index in [9.17, 15) is 9.59 Å². The summed E-state index contributed by atoms with van der Waals surface area (Å²) < 4.78 is 4.57. The Balaban J connectivity index is 2.98. The number of rotatable bonds is 4. The lowest BCUT2D eigenvalue weighted by Gasteiger charge is -2.06. The van der Waals surface area contributed by atoms with Crippen molar-refractivity contribution in [3.63, 3.8) is 0 Å². The molecule has 96 valence electrons. The molecule has 1 amide bonds. The Morgan fingerprint density at radius 3 is 2.39 bits per heavy atom. The maximum Gasteiger partial charge on any atom is 0.354 e. The SMILES string of the molecule is COC(=O)/C(=C/c1ccc(CO)cc1)NC(C)=O. The summed E-state index contributed by atoms with van der Waals surface area (Å²) in [5, 5.41) is 11.3. The molecule has 2 N–H and O–H groups in total. The predicted molar refractivity (Wildman–Crippen MR) is 66.2 cm³/mol. The molecular formula is C13H15NO4. The first kappa shape index (κ1) is 13.9. The molecule has 0 unspecified atom stereocenters. The molecule has 0 saturated heterocycles. The highest BCUT2D eigenvalue weighted by Gasteiger charge is 2.10. The molecule has 1 rings (SSSR count). The molecule has 0 bridgehead atoms. The van der Waals surface area contributed by atoms with Gasteiger partial charge in [-0.05, 0) is 17.2 Å². The molecule has 0 atom stereocenters. The normalized spacial score (nSPS) is 10.9. The van der Waals surface area contributed by atoms with Crippen molar-refractivity contribution < 1.29 is 19.4 Å². The highest BCUT2D eigenvalue weighted by Crippen LogP contribution is 2.09. The summed E-state index contributed by atoms with van der Waals surface area (Å²) in [5.41, 5.74) is 1.56. The number of aliphatic hydroxyl groups excluding tert-OH is 1. The first-order chi connectivity index (χ1) is 8.56. The number of carbonyl (C=O) groups excluding carboxylic acids is 2. The molecule has 0 aromatic heterocycles. The molecular weight excluding hydrogens is 234 g/mol. The Kier molecular flexibility index (Phi) is 5.07. The fourth-order valence-electron chi connectivity index (χ4n) is 1.33. The topological polar surface area (TPSA) is 75.6 Å². The third-order valence-corrected chi connectivity index (χ3v) is 2.19. The van der Waals surface area contributed by atoms with E-state index in [2.05, 4.69) is 10.1 Å². The number of methoxy groups -OCH3 is 1. The van der Waals surface area contributed by atoms with Crippen molar-refractivity contribution >= 4 is 18.0 Å². The first-order valence-corrected chi connectivity index (χ1v) is 5.34. The van der Waals surface area contributed by atoms with E-state index in [0.717, 1.165) is 11.1 Å². The third-order valence-electron chi connectivity index (χ3n) is 2.19. The van der Waals surface area contributed by atoms with Gasteiger partial charge in [0, 0.05) is 6.92 Å². The van der Waals surface area contributed by atoms with Gasteiger partial charge in [-0.3, -0.25) is 4.79 Å². The van der Waals surface area contributed by atoms with Gasteiger partial charge in [0.15, 0.2) is 0 Å². The van der Waals surface area contributed by atoms with Crippen LogP contribution in [0.1, 0.15) is 18.1 Å². The summed E-state index contributed by atoms with van der Waals surface area (Å²) >= 11 is 0. The van der Waals surface area contributed by atoms with E-state index in [-0.39, 0.29) is 18.2 Å². The lowest BCUT2D eigenvalue weighted by Crippen LogP contribution is -2.25. The van der Waals surface area contributed by atoms with Crippen LogP contribution >= 0.6 is 0 Å². The second kappa shape index (κ2) is 6.56.